The van der Waals surface area contributed by atoms with Crippen LogP contribution in [0, 0.1) is 5.92 Å². The first-order valence-electron chi connectivity index (χ1n) is 6.06. The first-order valence-corrected chi connectivity index (χ1v) is 6.85. The number of hydrogen-bond donors (Lipinski definition) is 2. The fourth-order valence-electron chi connectivity index (χ4n) is 2.36. The molecule has 5 nitrogen and oxygen atoms in total. The quantitative estimate of drug-likeness (QED) is 0.887. The second-order valence-electron chi connectivity index (χ2n) is 4.63. The van der Waals surface area contributed by atoms with Crippen LogP contribution >= 0.6 is 15.9 Å². The Morgan fingerprint density at radius 1 is 1.32 bits per heavy atom. The Balaban J connectivity index is 2.20. The zero-order valence-electron chi connectivity index (χ0n) is 10.3. The summed E-state index contributed by atoms with van der Waals surface area (Å²) in [7, 11) is 0. The van der Waals surface area contributed by atoms with Gasteiger partial charge in [-0.05, 0) is 31.0 Å². The predicted molar refractivity (Wildman–Crippen MR) is 75.2 cm³/mol. The minimum atomic E-state index is -0.951. The van der Waals surface area contributed by atoms with Gasteiger partial charge in [0.05, 0.1) is 11.3 Å². The van der Waals surface area contributed by atoms with E-state index in [9.17, 15) is 14.7 Å². The van der Waals surface area contributed by atoms with Crippen LogP contribution in [0.15, 0.2) is 22.7 Å². The maximum Gasteiger partial charge on any atom is 0.337 e. The third-order valence-corrected chi connectivity index (χ3v) is 3.92. The van der Waals surface area contributed by atoms with Crippen LogP contribution in [-0.4, -0.2) is 30.1 Å². The van der Waals surface area contributed by atoms with E-state index in [1.165, 1.54) is 0 Å². The molecule has 1 aliphatic heterocycles. The molecule has 3 N–H and O–H groups in total. The molecule has 1 fully saturated rings. The molecule has 1 aromatic rings. The van der Waals surface area contributed by atoms with Gasteiger partial charge in [-0.3, -0.25) is 4.79 Å². The summed E-state index contributed by atoms with van der Waals surface area (Å²) in [4.78, 5) is 24.4. The van der Waals surface area contributed by atoms with Crippen molar-refractivity contribution in [1.82, 2.24) is 0 Å². The minimum Gasteiger partial charge on any atom is -0.478 e. The normalized spacial score (nSPS) is 16.4. The number of carbonyl (C=O) groups excluding carboxylic acids is 1. The Kier molecular flexibility index (Phi) is 4.09. The number of nitrogens with two attached hydrogens (primary N) is 1. The van der Waals surface area contributed by atoms with Crippen molar-refractivity contribution >= 4 is 33.5 Å². The number of primary amides is 1. The van der Waals surface area contributed by atoms with Gasteiger partial charge in [0.25, 0.3) is 0 Å². The molecule has 102 valence electrons. The Labute approximate surface area is 119 Å². The molecular formula is C13H15BrN2O3. The van der Waals surface area contributed by atoms with E-state index in [0.717, 1.165) is 4.47 Å². The van der Waals surface area contributed by atoms with Crippen molar-refractivity contribution in [2.24, 2.45) is 11.7 Å². The van der Waals surface area contributed by atoms with E-state index < -0.39 is 5.97 Å². The average molecular weight is 327 g/mol. The van der Waals surface area contributed by atoms with Crippen molar-refractivity contribution in [3.8, 4) is 0 Å². The number of rotatable bonds is 3. The van der Waals surface area contributed by atoms with E-state index in [1.54, 1.807) is 12.1 Å². The maximum absolute atomic E-state index is 11.3. The fourth-order valence-corrected chi connectivity index (χ4v) is 2.72. The van der Waals surface area contributed by atoms with Gasteiger partial charge < -0.3 is 15.7 Å². The number of hydrogen-bond acceptors (Lipinski definition) is 3. The minimum absolute atomic E-state index is 0.0972. The highest BCUT2D eigenvalue weighted by atomic mass is 79.9. The Morgan fingerprint density at radius 3 is 2.47 bits per heavy atom. The lowest BCUT2D eigenvalue weighted by Gasteiger charge is -2.33. The fraction of sp³-hybridized carbons (Fsp3) is 0.385. The lowest BCUT2D eigenvalue weighted by atomic mass is 9.95. The first kappa shape index (κ1) is 13.9. The Morgan fingerprint density at radius 2 is 1.95 bits per heavy atom. The molecule has 0 aliphatic carbocycles. The lowest BCUT2D eigenvalue weighted by Crippen LogP contribution is -2.39. The summed E-state index contributed by atoms with van der Waals surface area (Å²) >= 11 is 3.27. The van der Waals surface area contributed by atoms with Crippen LogP contribution in [0.2, 0.25) is 0 Å². The number of aromatic carboxylic acids is 1. The molecule has 0 radical (unpaired) electrons. The molecule has 0 unspecified atom stereocenters. The highest BCUT2D eigenvalue weighted by molar-refractivity contribution is 9.10. The highest BCUT2D eigenvalue weighted by Gasteiger charge is 2.25. The largest absolute Gasteiger partial charge is 0.478 e. The van der Waals surface area contributed by atoms with Gasteiger partial charge in [0.2, 0.25) is 5.91 Å². The van der Waals surface area contributed by atoms with Gasteiger partial charge in [0, 0.05) is 23.5 Å². The Bertz CT molecular complexity index is 511. The van der Waals surface area contributed by atoms with Crippen molar-refractivity contribution < 1.29 is 14.7 Å². The molecule has 1 heterocycles. The molecule has 1 aromatic carbocycles. The predicted octanol–water partition coefficient (Wildman–Crippen LogP) is 1.85. The summed E-state index contributed by atoms with van der Waals surface area (Å²) in [6.45, 7) is 1.30. The van der Waals surface area contributed by atoms with Crippen LogP contribution in [-0.2, 0) is 4.79 Å². The summed E-state index contributed by atoms with van der Waals surface area (Å²) in [5.41, 5.74) is 6.25. The number of amides is 1. The molecule has 0 atom stereocenters. The number of carboxylic acid groups (broad SMARTS) is 1. The highest BCUT2D eigenvalue weighted by Crippen LogP contribution is 2.28. The number of nitrogens with zero attached hydrogens (tertiary/aromatic N) is 1. The SMILES string of the molecule is NC(=O)C1CCN(c2ccc(Br)cc2C(=O)O)CC1. The number of halogens is 1. The van der Waals surface area contributed by atoms with Gasteiger partial charge in [-0.15, -0.1) is 0 Å². The van der Waals surface area contributed by atoms with Crippen molar-refractivity contribution in [2.75, 3.05) is 18.0 Å². The van der Waals surface area contributed by atoms with Gasteiger partial charge in [-0.1, -0.05) is 15.9 Å². The van der Waals surface area contributed by atoms with Crippen LogP contribution in [0.1, 0.15) is 23.2 Å². The van der Waals surface area contributed by atoms with E-state index in [0.29, 0.717) is 31.6 Å². The van der Waals surface area contributed by atoms with E-state index >= 15 is 0 Å². The first-order chi connectivity index (χ1) is 8.99. The zero-order chi connectivity index (χ0) is 14.0. The summed E-state index contributed by atoms with van der Waals surface area (Å²) in [6, 6.07) is 5.21. The third-order valence-electron chi connectivity index (χ3n) is 3.43. The van der Waals surface area contributed by atoms with Crippen LogP contribution in [0.4, 0.5) is 5.69 Å². The van der Waals surface area contributed by atoms with Crippen molar-refractivity contribution in [1.29, 1.82) is 0 Å². The number of anilines is 1. The second-order valence-corrected chi connectivity index (χ2v) is 5.55. The molecule has 1 aliphatic rings. The summed E-state index contributed by atoms with van der Waals surface area (Å²) < 4.78 is 0.737. The molecule has 0 aromatic heterocycles. The zero-order valence-corrected chi connectivity index (χ0v) is 11.9. The molecule has 6 heteroatoms. The monoisotopic (exact) mass is 326 g/mol. The van der Waals surface area contributed by atoms with E-state index in [-0.39, 0.29) is 17.4 Å². The molecule has 19 heavy (non-hydrogen) atoms. The average Bonchev–Trinajstić information content (AvgIpc) is 2.38. The van der Waals surface area contributed by atoms with E-state index in [4.69, 9.17) is 5.73 Å². The number of piperidine rings is 1. The molecular weight excluding hydrogens is 312 g/mol. The van der Waals surface area contributed by atoms with Crippen molar-refractivity contribution in [3.63, 3.8) is 0 Å². The van der Waals surface area contributed by atoms with Crippen LogP contribution in [0.3, 0.4) is 0 Å². The van der Waals surface area contributed by atoms with E-state index in [1.807, 2.05) is 11.0 Å². The van der Waals surface area contributed by atoms with Crippen molar-refractivity contribution in [3.05, 3.63) is 28.2 Å². The number of benzene rings is 1. The van der Waals surface area contributed by atoms with Gasteiger partial charge >= 0.3 is 5.97 Å². The van der Waals surface area contributed by atoms with Crippen LogP contribution in [0.25, 0.3) is 0 Å². The van der Waals surface area contributed by atoms with Gasteiger partial charge in [0.15, 0.2) is 0 Å². The van der Waals surface area contributed by atoms with Crippen LogP contribution in [0.5, 0.6) is 0 Å². The third kappa shape index (κ3) is 3.07. The molecule has 1 amide bonds. The second kappa shape index (κ2) is 5.61. The number of carbonyl (C=O) groups is 2. The molecule has 2 rings (SSSR count). The van der Waals surface area contributed by atoms with Gasteiger partial charge in [0.1, 0.15) is 0 Å². The summed E-state index contributed by atoms with van der Waals surface area (Å²) in [5.74, 6) is -1.32. The maximum atomic E-state index is 11.3. The van der Waals surface area contributed by atoms with Gasteiger partial charge in [-0.25, -0.2) is 4.79 Å². The molecule has 0 bridgehead atoms. The smallest absolute Gasteiger partial charge is 0.337 e. The summed E-state index contributed by atoms with van der Waals surface area (Å²) in [5, 5.41) is 9.24. The topological polar surface area (TPSA) is 83.6 Å². The summed E-state index contributed by atoms with van der Waals surface area (Å²) in [6.07, 6.45) is 1.34. The van der Waals surface area contributed by atoms with Crippen molar-refractivity contribution in [2.45, 2.75) is 12.8 Å². The lowest BCUT2D eigenvalue weighted by molar-refractivity contribution is -0.122. The Hall–Kier alpha value is -1.56. The molecule has 1 saturated heterocycles. The van der Waals surface area contributed by atoms with Gasteiger partial charge in [-0.2, -0.15) is 0 Å². The molecule has 0 saturated carbocycles. The molecule has 0 spiro atoms. The van der Waals surface area contributed by atoms with Crippen LogP contribution < -0.4 is 10.6 Å². The number of carboxylic acids is 1. The standard InChI is InChI=1S/C13H15BrN2O3/c14-9-1-2-11(10(7-9)13(18)19)16-5-3-8(4-6-16)12(15)17/h1-2,7-8H,3-6H2,(H2,15,17)(H,18,19). The van der Waals surface area contributed by atoms with E-state index in [2.05, 4.69) is 15.9 Å².